The minimum atomic E-state index is -0.612. The maximum atomic E-state index is 12.3. The molecule has 0 saturated carbocycles. The first-order valence-electron chi connectivity index (χ1n) is 16.8. The molecule has 2 N–H and O–H groups in total. The second-order valence-corrected chi connectivity index (χ2v) is 15.1. The summed E-state index contributed by atoms with van der Waals surface area (Å²) in [5, 5.41) is 11.8. The summed E-state index contributed by atoms with van der Waals surface area (Å²) in [7, 11) is 0. The fraction of sp³-hybridized carbons (Fsp3) is 0.300. The number of hydrogen-bond acceptors (Lipinski definition) is 10. The Morgan fingerprint density at radius 1 is 0.558 bits per heavy atom. The number of pyridine rings is 2. The first-order valence-corrected chi connectivity index (χ1v) is 17.6. The number of ether oxygens (including phenoxy) is 4. The average molecular weight is 744 g/mol. The molecule has 0 aliphatic heterocycles. The van der Waals surface area contributed by atoms with Gasteiger partial charge in [-0.05, 0) is 114 Å². The molecule has 2 heterocycles. The number of nitrogens with one attached hydrogen (secondary N) is 2. The molecule has 0 unspecified atom stereocenters. The molecular weight excluding hydrogens is 703 g/mol. The number of rotatable bonds is 11. The highest BCUT2D eigenvalue weighted by Crippen LogP contribution is 2.36. The summed E-state index contributed by atoms with van der Waals surface area (Å²) in [5.74, 6) is 0.104. The van der Waals surface area contributed by atoms with Crippen molar-refractivity contribution in [2.75, 3.05) is 36.9 Å². The van der Waals surface area contributed by atoms with Gasteiger partial charge in [0, 0.05) is 44.7 Å². The highest BCUT2D eigenvalue weighted by Gasteiger charge is 2.19. The van der Waals surface area contributed by atoms with Gasteiger partial charge in [0.2, 0.25) is 0 Å². The molecule has 52 heavy (non-hydrogen) atoms. The number of nitrogens with zero attached hydrogens (tertiary/aromatic N) is 2. The molecule has 12 heteroatoms. The van der Waals surface area contributed by atoms with Crippen molar-refractivity contribution in [3.05, 3.63) is 82.8 Å². The van der Waals surface area contributed by atoms with Crippen LogP contribution in [0.3, 0.4) is 0 Å². The van der Waals surface area contributed by atoms with Gasteiger partial charge >= 0.3 is 11.9 Å². The maximum Gasteiger partial charge on any atom is 0.344 e. The van der Waals surface area contributed by atoms with E-state index >= 15 is 0 Å². The van der Waals surface area contributed by atoms with Gasteiger partial charge in [-0.1, -0.05) is 23.2 Å². The number of esters is 2. The van der Waals surface area contributed by atoms with Crippen LogP contribution in [0.15, 0.2) is 72.8 Å². The van der Waals surface area contributed by atoms with Crippen LogP contribution in [-0.2, 0) is 19.1 Å². The Labute approximate surface area is 311 Å². The van der Waals surface area contributed by atoms with Gasteiger partial charge in [0.15, 0.2) is 13.2 Å². The summed E-state index contributed by atoms with van der Waals surface area (Å²) < 4.78 is 22.5. The topological polar surface area (TPSA) is 121 Å². The smallest absolute Gasteiger partial charge is 0.344 e. The van der Waals surface area contributed by atoms with E-state index in [1.807, 2.05) is 102 Å². The van der Waals surface area contributed by atoms with Crippen molar-refractivity contribution in [3.63, 3.8) is 0 Å². The zero-order valence-corrected chi connectivity index (χ0v) is 31.4. The summed E-state index contributed by atoms with van der Waals surface area (Å²) >= 11 is 12.7. The Kier molecular flexibility index (Phi) is 10.5. The van der Waals surface area contributed by atoms with Crippen LogP contribution in [0.1, 0.15) is 41.5 Å². The standard InChI is InChI=1S/C40H40Cl2N4O6/c1-39(2,3)51-35(47)21-49-25-9-13-31-29(19-25)37(27-11-7-23(41)17-33(27)45-31)43-15-16-44-38-28-12-8-24(42)18-34(28)46-32-14-10-26(20-30(32)38)50-22-36(48)52-40(4,5)6/h7-14,17-20H,15-16,21-22H2,1-6H3,(H,43,45)(H,44,46). The van der Waals surface area contributed by atoms with Crippen LogP contribution in [-0.4, -0.2) is 59.4 Å². The molecule has 2 aromatic heterocycles. The lowest BCUT2D eigenvalue weighted by molar-refractivity contribution is -0.158. The Hall–Kier alpha value is -5.06. The Bertz CT molecular complexity index is 2150. The third kappa shape index (κ3) is 9.05. The predicted octanol–water partition coefficient (Wildman–Crippen LogP) is 9.36. The molecule has 10 nitrogen and oxygen atoms in total. The molecule has 0 radical (unpaired) electrons. The molecule has 0 saturated heterocycles. The lowest BCUT2D eigenvalue weighted by atomic mass is 10.1. The molecule has 0 aliphatic carbocycles. The van der Waals surface area contributed by atoms with E-state index in [9.17, 15) is 9.59 Å². The van der Waals surface area contributed by atoms with Gasteiger partial charge in [-0.25, -0.2) is 19.6 Å². The summed E-state index contributed by atoms with van der Waals surface area (Å²) in [6.07, 6.45) is 0. The van der Waals surface area contributed by atoms with E-state index in [0.717, 1.165) is 55.0 Å². The number of hydrogen-bond donors (Lipinski definition) is 2. The monoisotopic (exact) mass is 742 g/mol. The van der Waals surface area contributed by atoms with Crippen LogP contribution in [0.5, 0.6) is 11.5 Å². The molecular formula is C40H40Cl2N4O6. The number of carbonyl (C=O) groups excluding carboxylic acids is 2. The largest absolute Gasteiger partial charge is 0.482 e. The summed E-state index contributed by atoms with van der Waals surface area (Å²) in [4.78, 5) is 34.4. The van der Waals surface area contributed by atoms with E-state index < -0.39 is 23.1 Å². The van der Waals surface area contributed by atoms with Crippen LogP contribution >= 0.6 is 23.2 Å². The lowest BCUT2D eigenvalue weighted by Crippen LogP contribution is -2.27. The Morgan fingerprint density at radius 2 is 0.962 bits per heavy atom. The van der Waals surface area contributed by atoms with E-state index in [-0.39, 0.29) is 13.2 Å². The molecule has 0 spiro atoms. The van der Waals surface area contributed by atoms with Gasteiger partial charge in [-0.15, -0.1) is 0 Å². The second kappa shape index (κ2) is 14.9. The van der Waals surface area contributed by atoms with Gasteiger partial charge in [0.25, 0.3) is 0 Å². The predicted molar refractivity (Wildman–Crippen MR) is 208 cm³/mol. The van der Waals surface area contributed by atoms with Crippen molar-refractivity contribution in [1.29, 1.82) is 0 Å². The zero-order chi connectivity index (χ0) is 37.2. The number of aromatic nitrogens is 2. The normalized spacial score (nSPS) is 11.9. The van der Waals surface area contributed by atoms with Crippen LogP contribution in [0, 0.1) is 0 Å². The van der Waals surface area contributed by atoms with Gasteiger partial charge in [0.05, 0.1) is 33.4 Å². The molecule has 0 aliphatic rings. The van der Waals surface area contributed by atoms with Crippen molar-refractivity contribution < 1.29 is 28.5 Å². The van der Waals surface area contributed by atoms with Gasteiger partial charge in [-0.3, -0.25) is 0 Å². The summed E-state index contributed by atoms with van der Waals surface area (Å²) in [5.41, 5.74) is 3.40. The van der Waals surface area contributed by atoms with E-state index in [1.165, 1.54) is 0 Å². The fourth-order valence-electron chi connectivity index (χ4n) is 5.75. The van der Waals surface area contributed by atoms with Crippen molar-refractivity contribution in [2.45, 2.75) is 52.7 Å². The first-order chi connectivity index (χ1) is 24.6. The number of halogens is 2. The van der Waals surface area contributed by atoms with Crippen molar-refractivity contribution in [2.24, 2.45) is 0 Å². The van der Waals surface area contributed by atoms with Gasteiger partial charge < -0.3 is 29.6 Å². The third-order valence-electron chi connectivity index (χ3n) is 7.70. The molecule has 6 aromatic rings. The van der Waals surface area contributed by atoms with Crippen LogP contribution in [0.2, 0.25) is 10.0 Å². The molecule has 0 fully saturated rings. The number of carbonyl (C=O) groups is 2. The minimum Gasteiger partial charge on any atom is -0.482 e. The maximum absolute atomic E-state index is 12.3. The zero-order valence-electron chi connectivity index (χ0n) is 29.9. The minimum absolute atomic E-state index is 0.223. The third-order valence-corrected chi connectivity index (χ3v) is 8.17. The molecule has 0 atom stereocenters. The fourth-order valence-corrected chi connectivity index (χ4v) is 6.09. The van der Waals surface area contributed by atoms with Crippen molar-refractivity contribution >= 4 is 90.1 Å². The highest BCUT2D eigenvalue weighted by atomic mass is 35.5. The van der Waals surface area contributed by atoms with Gasteiger partial charge in [0.1, 0.15) is 22.7 Å². The molecule has 6 rings (SSSR count). The first kappa shape index (κ1) is 36.7. The number of benzene rings is 4. The molecule has 4 aromatic carbocycles. The van der Waals surface area contributed by atoms with E-state index in [2.05, 4.69) is 10.6 Å². The summed E-state index contributed by atoms with van der Waals surface area (Å²) in [6.45, 7) is 11.4. The number of anilines is 2. The van der Waals surface area contributed by atoms with Crippen LogP contribution < -0.4 is 20.1 Å². The van der Waals surface area contributed by atoms with E-state index in [1.54, 1.807) is 12.1 Å². The van der Waals surface area contributed by atoms with Crippen LogP contribution in [0.4, 0.5) is 11.4 Å². The molecule has 0 amide bonds. The Balaban J connectivity index is 1.27. The molecule has 270 valence electrons. The van der Waals surface area contributed by atoms with E-state index in [4.69, 9.17) is 52.1 Å². The van der Waals surface area contributed by atoms with Gasteiger partial charge in [-0.2, -0.15) is 0 Å². The SMILES string of the molecule is CC(C)(C)OC(=O)COc1ccc2nc3cc(Cl)ccc3c(NCCNc3c4ccc(Cl)cc4nc4ccc(OCC(=O)OC(C)(C)C)cc34)c2c1. The second-order valence-electron chi connectivity index (χ2n) is 14.3. The lowest BCUT2D eigenvalue weighted by Gasteiger charge is -2.20. The summed E-state index contributed by atoms with van der Waals surface area (Å²) in [6, 6.07) is 22.2. The van der Waals surface area contributed by atoms with Crippen molar-refractivity contribution in [1.82, 2.24) is 9.97 Å². The average Bonchev–Trinajstić information content (AvgIpc) is 3.05. The molecule has 0 bridgehead atoms. The highest BCUT2D eigenvalue weighted by molar-refractivity contribution is 6.32. The Morgan fingerprint density at radius 3 is 1.35 bits per heavy atom. The van der Waals surface area contributed by atoms with Crippen molar-refractivity contribution in [3.8, 4) is 11.5 Å². The van der Waals surface area contributed by atoms with Crippen LogP contribution in [0.25, 0.3) is 43.6 Å². The quantitative estimate of drug-likeness (QED) is 0.0755. The number of fused-ring (bicyclic) bond motifs is 4. The van der Waals surface area contributed by atoms with E-state index in [0.29, 0.717) is 34.6 Å².